The summed E-state index contributed by atoms with van der Waals surface area (Å²) in [5, 5.41) is 1.67. The van der Waals surface area contributed by atoms with Gasteiger partial charge < -0.3 is 19.1 Å². The molecule has 0 unspecified atom stereocenters. The monoisotopic (exact) mass is 567 g/mol. The van der Waals surface area contributed by atoms with E-state index in [9.17, 15) is 4.79 Å². The fourth-order valence-electron chi connectivity index (χ4n) is 4.04. The third-order valence-electron chi connectivity index (χ3n) is 5.49. The van der Waals surface area contributed by atoms with Crippen LogP contribution < -0.4 is 4.90 Å². The predicted octanol–water partition coefficient (Wildman–Crippen LogP) is 5.51. The molecule has 1 aliphatic heterocycles. The van der Waals surface area contributed by atoms with Gasteiger partial charge in [-0.05, 0) is 75.4 Å². The van der Waals surface area contributed by atoms with Gasteiger partial charge >= 0.3 is 6.09 Å². The molecule has 32 heavy (non-hydrogen) atoms. The van der Waals surface area contributed by atoms with Crippen LogP contribution >= 0.6 is 34.2 Å². The molecule has 1 aliphatic rings. The van der Waals surface area contributed by atoms with Crippen molar-refractivity contribution < 1.29 is 9.53 Å². The van der Waals surface area contributed by atoms with Crippen molar-refractivity contribution in [1.29, 1.82) is 0 Å². The molecule has 0 N–H and O–H groups in total. The lowest BCUT2D eigenvalue weighted by Crippen LogP contribution is -2.59. The third-order valence-corrected chi connectivity index (χ3v) is 6.54. The lowest BCUT2D eigenvalue weighted by Gasteiger charge is -2.44. The van der Waals surface area contributed by atoms with Crippen molar-refractivity contribution in [3.05, 3.63) is 45.4 Å². The van der Waals surface area contributed by atoms with Crippen molar-refractivity contribution in [2.75, 3.05) is 18.0 Å². The highest BCUT2D eigenvalue weighted by Crippen LogP contribution is 2.34. The van der Waals surface area contributed by atoms with E-state index in [4.69, 9.17) is 16.3 Å². The number of halogens is 2. The molecule has 3 aromatic rings. The molecule has 3 heterocycles. The summed E-state index contributed by atoms with van der Waals surface area (Å²) in [4.78, 5) is 26.0. The van der Waals surface area contributed by atoms with Crippen molar-refractivity contribution in [1.82, 2.24) is 19.4 Å². The molecule has 0 radical (unpaired) electrons. The molecular formula is C23H27ClIN5O2. The van der Waals surface area contributed by atoms with E-state index >= 15 is 0 Å². The molecule has 0 aliphatic carbocycles. The van der Waals surface area contributed by atoms with Crippen molar-refractivity contribution in [3.8, 4) is 5.69 Å². The van der Waals surface area contributed by atoms with Crippen LogP contribution in [0.15, 0.2) is 36.8 Å². The van der Waals surface area contributed by atoms with Gasteiger partial charge in [-0.3, -0.25) is 0 Å². The Bertz CT molecular complexity index is 1160. The van der Waals surface area contributed by atoms with Crippen LogP contribution in [0, 0.1) is 3.57 Å². The molecule has 1 aromatic carbocycles. The Labute approximate surface area is 206 Å². The van der Waals surface area contributed by atoms with Crippen molar-refractivity contribution in [2.45, 2.75) is 52.3 Å². The van der Waals surface area contributed by atoms with Crippen LogP contribution in [0.1, 0.15) is 34.6 Å². The maximum Gasteiger partial charge on any atom is 0.410 e. The first-order valence-electron chi connectivity index (χ1n) is 10.6. The Balaban J connectivity index is 1.68. The van der Waals surface area contributed by atoms with Crippen molar-refractivity contribution >= 4 is 57.1 Å². The number of nitrogens with zero attached hydrogens (tertiary/aromatic N) is 5. The van der Waals surface area contributed by atoms with Gasteiger partial charge in [-0.1, -0.05) is 17.7 Å². The summed E-state index contributed by atoms with van der Waals surface area (Å²) in [6.07, 6.45) is 3.39. The number of ether oxygens (including phenoxy) is 1. The van der Waals surface area contributed by atoms with E-state index in [0.717, 1.165) is 26.1 Å². The van der Waals surface area contributed by atoms with Crippen LogP contribution in [0.5, 0.6) is 0 Å². The Kier molecular flexibility index (Phi) is 6.28. The maximum absolute atomic E-state index is 12.7. The summed E-state index contributed by atoms with van der Waals surface area (Å²) in [6, 6.07) is 7.77. The van der Waals surface area contributed by atoms with Crippen LogP contribution in [-0.4, -0.2) is 56.3 Å². The lowest BCUT2D eigenvalue weighted by molar-refractivity contribution is 0.0130. The molecule has 0 spiro atoms. The van der Waals surface area contributed by atoms with Gasteiger partial charge in [-0.25, -0.2) is 14.8 Å². The normalized spacial score (nSPS) is 19.5. The second-order valence-electron chi connectivity index (χ2n) is 9.21. The third kappa shape index (κ3) is 4.52. The number of amides is 1. The predicted molar refractivity (Wildman–Crippen MR) is 136 cm³/mol. The first-order valence-corrected chi connectivity index (χ1v) is 12.0. The number of rotatable bonds is 2. The van der Waals surface area contributed by atoms with E-state index < -0.39 is 5.60 Å². The van der Waals surface area contributed by atoms with E-state index in [1.165, 1.54) is 0 Å². The topological polar surface area (TPSA) is 63.5 Å². The van der Waals surface area contributed by atoms with Gasteiger partial charge in [0.05, 0.1) is 5.39 Å². The number of hydrogen-bond acceptors (Lipinski definition) is 5. The van der Waals surface area contributed by atoms with E-state index in [1.54, 1.807) is 6.33 Å². The van der Waals surface area contributed by atoms with Crippen LogP contribution in [0.25, 0.3) is 16.7 Å². The summed E-state index contributed by atoms with van der Waals surface area (Å²) in [5.74, 6) is 0.878. The molecular weight excluding hydrogens is 541 g/mol. The zero-order chi connectivity index (χ0) is 23.2. The first-order chi connectivity index (χ1) is 15.0. The number of hydrogen-bond donors (Lipinski definition) is 0. The Morgan fingerprint density at radius 2 is 1.94 bits per heavy atom. The number of aromatic nitrogens is 3. The fourth-order valence-corrected chi connectivity index (χ4v) is 4.99. The van der Waals surface area contributed by atoms with Crippen molar-refractivity contribution in [3.63, 3.8) is 0 Å². The molecule has 1 amide bonds. The highest BCUT2D eigenvalue weighted by Gasteiger charge is 2.36. The number of benzene rings is 1. The summed E-state index contributed by atoms with van der Waals surface area (Å²) < 4.78 is 8.71. The van der Waals surface area contributed by atoms with Gasteiger partial charge in [0.25, 0.3) is 0 Å². The minimum absolute atomic E-state index is 0.0151. The molecule has 4 rings (SSSR count). The fraction of sp³-hybridized carbons (Fsp3) is 0.435. The number of carbonyl (C=O) groups is 1. The van der Waals surface area contributed by atoms with Gasteiger partial charge in [-0.15, -0.1) is 0 Å². The maximum atomic E-state index is 12.7. The summed E-state index contributed by atoms with van der Waals surface area (Å²) in [6.45, 7) is 11.0. The molecule has 2 aromatic heterocycles. The number of anilines is 1. The molecule has 1 saturated heterocycles. The number of fused-ring (bicyclic) bond motifs is 1. The number of piperazine rings is 1. The van der Waals surface area contributed by atoms with Crippen LogP contribution in [0.2, 0.25) is 5.02 Å². The van der Waals surface area contributed by atoms with Gasteiger partial charge in [0.1, 0.15) is 17.7 Å². The average molecular weight is 568 g/mol. The average Bonchev–Trinajstić information content (AvgIpc) is 3.05. The first kappa shape index (κ1) is 23.1. The Morgan fingerprint density at radius 1 is 1.19 bits per heavy atom. The van der Waals surface area contributed by atoms with Gasteiger partial charge in [0.2, 0.25) is 0 Å². The quantitative estimate of drug-likeness (QED) is 0.382. The summed E-state index contributed by atoms with van der Waals surface area (Å²) in [7, 11) is 0. The highest BCUT2D eigenvalue weighted by molar-refractivity contribution is 14.1. The Morgan fingerprint density at radius 3 is 2.62 bits per heavy atom. The molecule has 0 bridgehead atoms. The summed E-state index contributed by atoms with van der Waals surface area (Å²) in [5.41, 5.74) is 1.26. The summed E-state index contributed by atoms with van der Waals surface area (Å²) >= 11 is 8.55. The zero-order valence-corrected chi connectivity index (χ0v) is 21.8. The van der Waals surface area contributed by atoms with E-state index in [-0.39, 0.29) is 18.2 Å². The lowest BCUT2D eigenvalue weighted by atomic mass is 10.1. The molecule has 0 saturated carbocycles. The molecule has 2 atom stereocenters. The largest absolute Gasteiger partial charge is 0.444 e. The van der Waals surface area contributed by atoms with Crippen LogP contribution in [0.3, 0.4) is 0 Å². The molecule has 1 fully saturated rings. The second-order valence-corrected chi connectivity index (χ2v) is 10.8. The van der Waals surface area contributed by atoms with Crippen molar-refractivity contribution in [2.24, 2.45) is 0 Å². The number of carbonyl (C=O) groups excluding carboxylic acids is 1. The minimum Gasteiger partial charge on any atom is -0.444 e. The SMILES string of the molecule is C[C@@H]1CN(c2ncnc3c2c(I)cn3-c2cccc(Cl)c2)[C@@H](C)CN1C(=O)OC(C)(C)C. The van der Waals surface area contributed by atoms with Gasteiger partial charge in [-0.2, -0.15) is 0 Å². The van der Waals surface area contributed by atoms with Crippen LogP contribution in [-0.2, 0) is 4.74 Å². The van der Waals surface area contributed by atoms with Crippen LogP contribution in [0.4, 0.5) is 10.6 Å². The van der Waals surface area contributed by atoms with E-state index in [1.807, 2.05) is 61.4 Å². The smallest absolute Gasteiger partial charge is 0.410 e. The van der Waals surface area contributed by atoms with Gasteiger partial charge in [0, 0.05) is 45.7 Å². The minimum atomic E-state index is -0.518. The van der Waals surface area contributed by atoms with Gasteiger partial charge in [0.15, 0.2) is 5.65 Å². The standard InChI is InChI=1S/C23H27ClIN5O2/c1-14-11-29(22(31)32-23(3,4)5)15(2)10-28(14)20-19-18(25)12-30(21(19)27-13-26-20)17-8-6-7-16(24)9-17/h6-9,12-15H,10-11H2,1-5H3/t14-,15+/m0/s1. The molecule has 9 heteroatoms. The Hall–Kier alpha value is -2.07. The highest BCUT2D eigenvalue weighted by atomic mass is 127. The van der Waals surface area contributed by atoms with E-state index in [0.29, 0.717) is 18.1 Å². The second kappa shape index (κ2) is 8.70. The molecule has 7 nitrogen and oxygen atoms in total. The zero-order valence-electron chi connectivity index (χ0n) is 18.8. The van der Waals surface area contributed by atoms with E-state index in [2.05, 4.69) is 50.6 Å². The molecule has 170 valence electrons.